The van der Waals surface area contributed by atoms with E-state index in [1.807, 2.05) is 31.2 Å². The van der Waals surface area contributed by atoms with Gasteiger partial charge in [-0.2, -0.15) is 0 Å². The number of carbonyl (C=O) groups is 2. The van der Waals surface area contributed by atoms with E-state index in [2.05, 4.69) is 0 Å². The van der Waals surface area contributed by atoms with Gasteiger partial charge < -0.3 is 14.2 Å². The van der Waals surface area contributed by atoms with Gasteiger partial charge in [-0.15, -0.1) is 0 Å². The molecule has 3 aromatic carbocycles. The number of allylic oxidation sites excluding steroid dienone is 1. The predicted molar refractivity (Wildman–Crippen MR) is 113 cm³/mol. The summed E-state index contributed by atoms with van der Waals surface area (Å²) < 4.78 is 30.2. The number of ketones is 1. The summed E-state index contributed by atoms with van der Waals surface area (Å²) in [5, 5.41) is 0. The molecular weight excluding hydrogens is 399 g/mol. The summed E-state index contributed by atoms with van der Waals surface area (Å²) in [6.45, 7) is 4.07. The normalized spacial score (nSPS) is 13.6. The van der Waals surface area contributed by atoms with Crippen LogP contribution in [0.25, 0.3) is 6.08 Å². The molecule has 0 radical (unpaired) electrons. The molecule has 0 fully saturated rings. The number of fused-ring (bicyclic) bond motifs is 1. The van der Waals surface area contributed by atoms with E-state index < -0.39 is 11.8 Å². The van der Waals surface area contributed by atoms with Gasteiger partial charge in [0.05, 0.1) is 17.7 Å². The Balaban J connectivity index is 1.62. The van der Waals surface area contributed by atoms with Gasteiger partial charge in [-0.3, -0.25) is 4.79 Å². The second-order valence-electron chi connectivity index (χ2n) is 6.88. The Kier molecular flexibility index (Phi) is 5.54. The Bertz CT molecular complexity index is 1210. The van der Waals surface area contributed by atoms with Crippen LogP contribution in [0, 0.1) is 12.7 Å². The summed E-state index contributed by atoms with van der Waals surface area (Å²) >= 11 is 0. The van der Waals surface area contributed by atoms with Crippen LogP contribution in [-0.2, 0) is 0 Å². The maximum atomic E-state index is 13.4. The Labute approximate surface area is 178 Å². The third-order valence-electron chi connectivity index (χ3n) is 4.81. The van der Waals surface area contributed by atoms with Crippen LogP contribution in [0.2, 0.25) is 0 Å². The molecule has 5 nitrogen and oxygen atoms in total. The molecule has 0 aliphatic carbocycles. The van der Waals surface area contributed by atoms with Crippen molar-refractivity contribution in [3.05, 3.63) is 94.5 Å². The van der Waals surface area contributed by atoms with Crippen LogP contribution in [0.5, 0.6) is 17.2 Å². The summed E-state index contributed by atoms with van der Waals surface area (Å²) in [7, 11) is 0. The van der Waals surface area contributed by atoms with Crippen LogP contribution in [-0.4, -0.2) is 18.4 Å². The number of carbonyl (C=O) groups excluding carboxylic acids is 2. The molecule has 31 heavy (non-hydrogen) atoms. The van der Waals surface area contributed by atoms with E-state index in [1.165, 1.54) is 24.3 Å². The van der Waals surface area contributed by atoms with E-state index in [1.54, 1.807) is 19.1 Å². The fourth-order valence-electron chi connectivity index (χ4n) is 3.28. The Morgan fingerprint density at radius 1 is 1.06 bits per heavy atom. The predicted octanol–water partition coefficient (Wildman–Crippen LogP) is 5.37. The zero-order valence-corrected chi connectivity index (χ0v) is 17.0. The van der Waals surface area contributed by atoms with Crippen LogP contribution in [0.1, 0.15) is 38.8 Å². The van der Waals surface area contributed by atoms with Crippen molar-refractivity contribution in [1.29, 1.82) is 0 Å². The summed E-state index contributed by atoms with van der Waals surface area (Å²) in [6.07, 6.45) is 1.63. The van der Waals surface area contributed by atoms with Crippen molar-refractivity contribution < 1.29 is 28.2 Å². The standard InChI is InChI=1S/C25H19FO5/c1-3-29-21-10-5-4-7-16(21)14-22-23(27)19-11-12-20(15(2)24(19)30-22)31-25(28)17-8-6-9-18(26)13-17/h4-14H,3H2,1-2H3/b22-14-. The highest BCUT2D eigenvalue weighted by Gasteiger charge is 2.31. The van der Waals surface area contributed by atoms with Crippen LogP contribution in [0.4, 0.5) is 4.39 Å². The molecule has 0 N–H and O–H groups in total. The summed E-state index contributed by atoms with van der Waals surface area (Å²) in [5.74, 6) is -0.145. The van der Waals surface area contributed by atoms with Crippen molar-refractivity contribution in [1.82, 2.24) is 0 Å². The quantitative estimate of drug-likeness (QED) is 0.317. The molecule has 1 aliphatic heterocycles. The van der Waals surface area contributed by atoms with Gasteiger partial charge in [0.25, 0.3) is 0 Å². The molecular formula is C25H19FO5. The third kappa shape index (κ3) is 4.05. The molecule has 0 aromatic heterocycles. The number of hydrogen-bond donors (Lipinski definition) is 0. The number of rotatable bonds is 5. The molecule has 0 saturated heterocycles. The number of para-hydroxylation sites is 1. The largest absolute Gasteiger partial charge is 0.493 e. The first-order valence-corrected chi connectivity index (χ1v) is 9.75. The fraction of sp³-hybridized carbons (Fsp3) is 0.120. The highest BCUT2D eigenvalue weighted by molar-refractivity contribution is 6.15. The second-order valence-corrected chi connectivity index (χ2v) is 6.88. The molecule has 1 aliphatic rings. The molecule has 3 aromatic rings. The smallest absolute Gasteiger partial charge is 0.343 e. The topological polar surface area (TPSA) is 61.8 Å². The first-order chi connectivity index (χ1) is 15.0. The molecule has 0 bridgehead atoms. The minimum atomic E-state index is -0.701. The van der Waals surface area contributed by atoms with Gasteiger partial charge in [0, 0.05) is 11.1 Å². The van der Waals surface area contributed by atoms with E-state index in [0.29, 0.717) is 29.2 Å². The monoisotopic (exact) mass is 418 g/mol. The van der Waals surface area contributed by atoms with Gasteiger partial charge in [0.15, 0.2) is 5.76 Å². The molecule has 156 valence electrons. The zero-order chi connectivity index (χ0) is 22.0. The number of ether oxygens (including phenoxy) is 3. The van der Waals surface area contributed by atoms with Crippen molar-refractivity contribution in [3.63, 3.8) is 0 Å². The van der Waals surface area contributed by atoms with Crippen molar-refractivity contribution in [2.24, 2.45) is 0 Å². The maximum absolute atomic E-state index is 13.4. The average molecular weight is 418 g/mol. The number of benzene rings is 3. The van der Waals surface area contributed by atoms with Gasteiger partial charge in [-0.1, -0.05) is 24.3 Å². The lowest BCUT2D eigenvalue weighted by atomic mass is 10.1. The first kappa shape index (κ1) is 20.3. The number of hydrogen-bond acceptors (Lipinski definition) is 5. The van der Waals surface area contributed by atoms with Gasteiger partial charge in [0.2, 0.25) is 5.78 Å². The molecule has 6 heteroatoms. The van der Waals surface area contributed by atoms with E-state index in [9.17, 15) is 14.0 Å². The lowest BCUT2D eigenvalue weighted by Crippen LogP contribution is -2.09. The highest BCUT2D eigenvalue weighted by atomic mass is 19.1. The third-order valence-corrected chi connectivity index (χ3v) is 4.81. The van der Waals surface area contributed by atoms with Crippen LogP contribution >= 0.6 is 0 Å². The van der Waals surface area contributed by atoms with Crippen molar-refractivity contribution >= 4 is 17.8 Å². The molecule has 0 spiro atoms. The number of Topliss-reactive ketones (excluding diaryl/α,β-unsaturated/α-hetero) is 1. The molecule has 0 saturated carbocycles. The van der Waals surface area contributed by atoms with E-state index in [-0.39, 0.29) is 22.9 Å². The lowest BCUT2D eigenvalue weighted by molar-refractivity contribution is 0.0732. The summed E-state index contributed by atoms with van der Waals surface area (Å²) in [4.78, 5) is 25.2. The number of halogens is 1. The Hall–Kier alpha value is -3.93. The molecule has 0 amide bonds. The van der Waals surface area contributed by atoms with Crippen molar-refractivity contribution in [3.8, 4) is 17.2 Å². The SMILES string of the molecule is CCOc1ccccc1/C=C1\Oc2c(ccc(OC(=O)c3cccc(F)c3)c2C)C1=O. The second kappa shape index (κ2) is 8.44. The summed E-state index contributed by atoms with van der Waals surface area (Å²) in [5.41, 5.74) is 1.68. The lowest BCUT2D eigenvalue weighted by Gasteiger charge is -2.10. The van der Waals surface area contributed by atoms with E-state index in [4.69, 9.17) is 14.2 Å². The first-order valence-electron chi connectivity index (χ1n) is 9.75. The van der Waals surface area contributed by atoms with Gasteiger partial charge in [-0.05, 0) is 56.3 Å². The minimum absolute atomic E-state index is 0.0880. The summed E-state index contributed by atoms with van der Waals surface area (Å²) in [6, 6.07) is 15.7. The minimum Gasteiger partial charge on any atom is -0.493 e. The van der Waals surface area contributed by atoms with Gasteiger partial charge in [0.1, 0.15) is 23.1 Å². The van der Waals surface area contributed by atoms with Crippen LogP contribution in [0.3, 0.4) is 0 Å². The van der Waals surface area contributed by atoms with Crippen LogP contribution < -0.4 is 14.2 Å². The highest BCUT2D eigenvalue weighted by Crippen LogP contribution is 2.40. The molecule has 4 rings (SSSR count). The Morgan fingerprint density at radius 2 is 1.87 bits per heavy atom. The fourth-order valence-corrected chi connectivity index (χ4v) is 3.28. The number of esters is 1. The van der Waals surface area contributed by atoms with Crippen molar-refractivity contribution in [2.45, 2.75) is 13.8 Å². The zero-order valence-electron chi connectivity index (χ0n) is 17.0. The van der Waals surface area contributed by atoms with Gasteiger partial charge >= 0.3 is 5.97 Å². The maximum Gasteiger partial charge on any atom is 0.343 e. The molecule has 0 unspecified atom stereocenters. The molecule has 0 atom stereocenters. The molecule has 1 heterocycles. The van der Waals surface area contributed by atoms with E-state index >= 15 is 0 Å². The average Bonchev–Trinajstić information content (AvgIpc) is 3.08. The van der Waals surface area contributed by atoms with E-state index in [0.717, 1.165) is 11.6 Å². The van der Waals surface area contributed by atoms with Crippen molar-refractivity contribution in [2.75, 3.05) is 6.61 Å². The van der Waals surface area contributed by atoms with Gasteiger partial charge in [-0.25, -0.2) is 9.18 Å². The Morgan fingerprint density at radius 3 is 2.65 bits per heavy atom. The van der Waals surface area contributed by atoms with Crippen LogP contribution in [0.15, 0.2) is 66.4 Å².